The first kappa shape index (κ1) is 13.0. The lowest BCUT2D eigenvalue weighted by atomic mass is 10.1. The predicted molar refractivity (Wildman–Crippen MR) is 70.7 cm³/mol. The smallest absolute Gasteiger partial charge is 0.328 e. The molecule has 1 aromatic heterocycles. The molecule has 0 aliphatic rings. The van der Waals surface area contributed by atoms with E-state index in [2.05, 4.69) is 15.0 Å². The van der Waals surface area contributed by atoms with E-state index in [9.17, 15) is 9.59 Å². The molecule has 0 saturated heterocycles. The van der Waals surface area contributed by atoms with Gasteiger partial charge in [-0.25, -0.2) is 4.79 Å². The number of nitrogens with one attached hydrogen (secondary N) is 1. The molecule has 1 unspecified atom stereocenters. The van der Waals surface area contributed by atoms with Crippen LogP contribution < -0.4 is 5.32 Å². The van der Waals surface area contributed by atoms with Crippen molar-refractivity contribution in [1.29, 1.82) is 0 Å². The Morgan fingerprint density at radius 1 is 1.32 bits per heavy atom. The van der Waals surface area contributed by atoms with Crippen LogP contribution in [0.1, 0.15) is 17.3 Å². The van der Waals surface area contributed by atoms with Crippen molar-refractivity contribution in [2.75, 3.05) is 7.11 Å². The number of para-hydroxylation sites is 1. The highest BCUT2D eigenvalue weighted by Gasteiger charge is 2.17. The van der Waals surface area contributed by atoms with Crippen LogP contribution in [-0.2, 0) is 9.53 Å². The molecular formula is C14H14N2O3. The van der Waals surface area contributed by atoms with Crippen LogP contribution in [0.25, 0.3) is 10.9 Å². The lowest BCUT2D eigenvalue weighted by Gasteiger charge is -2.11. The fraction of sp³-hybridized carbons (Fsp3) is 0.214. The van der Waals surface area contributed by atoms with Crippen molar-refractivity contribution in [3.8, 4) is 0 Å². The third-order valence-electron chi connectivity index (χ3n) is 2.76. The van der Waals surface area contributed by atoms with Crippen LogP contribution in [0.15, 0.2) is 36.5 Å². The number of pyridine rings is 1. The number of nitrogens with zero attached hydrogens (tertiary/aromatic N) is 1. The molecule has 1 heterocycles. The van der Waals surface area contributed by atoms with Crippen LogP contribution in [0.4, 0.5) is 0 Å². The van der Waals surface area contributed by atoms with Gasteiger partial charge in [-0.1, -0.05) is 18.2 Å². The van der Waals surface area contributed by atoms with Crippen LogP contribution >= 0.6 is 0 Å². The lowest BCUT2D eigenvalue weighted by molar-refractivity contribution is -0.142. The van der Waals surface area contributed by atoms with Crippen LogP contribution in [0.2, 0.25) is 0 Å². The summed E-state index contributed by atoms with van der Waals surface area (Å²) >= 11 is 0. The van der Waals surface area contributed by atoms with Gasteiger partial charge in [-0.05, 0) is 19.1 Å². The summed E-state index contributed by atoms with van der Waals surface area (Å²) in [5, 5.41) is 3.43. The second-order valence-electron chi connectivity index (χ2n) is 4.14. The molecule has 1 amide bonds. The Balaban J connectivity index is 2.19. The molecule has 0 bridgehead atoms. The Morgan fingerprint density at radius 2 is 2.05 bits per heavy atom. The minimum atomic E-state index is -0.691. The highest BCUT2D eigenvalue weighted by molar-refractivity contribution is 5.99. The van der Waals surface area contributed by atoms with Crippen LogP contribution in [-0.4, -0.2) is 30.0 Å². The van der Waals surface area contributed by atoms with Crippen molar-refractivity contribution in [3.63, 3.8) is 0 Å². The SMILES string of the molecule is COC(=O)C(C)NC(=O)c1cnc2ccccc2c1. The molecule has 2 aromatic rings. The Morgan fingerprint density at radius 3 is 2.79 bits per heavy atom. The predicted octanol–water partition coefficient (Wildman–Crippen LogP) is 1.53. The largest absolute Gasteiger partial charge is 0.467 e. The average molecular weight is 258 g/mol. The molecule has 5 nitrogen and oxygen atoms in total. The number of carbonyl (C=O) groups excluding carboxylic acids is 2. The van der Waals surface area contributed by atoms with E-state index in [1.165, 1.54) is 13.3 Å². The van der Waals surface area contributed by atoms with Crippen LogP contribution in [0.3, 0.4) is 0 Å². The molecule has 0 spiro atoms. The number of carbonyl (C=O) groups is 2. The normalized spacial score (nSPS) is 11.9. The molecule has 19 heavy (non-hydrogen) atoms. The van der Waals surface area contributed by atoms with Gasteiger partial charge in [-0.2, -0.15) is 0 Å². The maximum absolute atomic E-state index is 12.0. The topological polar surface area (TPSA) is 68.3 Å². The molecule has 2 rings (SSSR count). The monoisotopic (exact) mass is 258 g/mol. The number of esters is 1. The highest BCUT2D eigenvalue weighted by atomic mass is 16.5. The average Bonchev–Trinajstić information content (AvgIpc) is 2.45. The van der Waals surface area contributed by atoms with Crippen molar-refractivity contribution in [2.24, 2.45) is 0 Å². The Bertz CT molecular complexity index is 625. The zero-order valence-corrected chi connectivity index (χ0v) is 10.7. The summed E-state index contributed by atoms with van der Waals surface area (Å²) in [6.45, 7) is 1.57. The molecule has 1 atom stereocenters. The van der Waals surface area contributed by atoms with E-state index in [4.69, 9.17) is 0 Å². The van der Waals surface area contributed by atoms with Gasteiger partial charge in [0.2, 0.25) is 0 Å². The van der Waals surface area contributed by atoms with Crippen molar-refractivity contribution < 1.29 is 14.3 Å². The van der Waals surface area contributed by atoms with Crippen LogP contribution in [0.5, 0.6) is 0 Å². The molecule has 98 valence electrons. The molecule has 0 aliphatic carbocycles. The maximum Gasteiger partial charge on any atom is 0.328 e. The summed E-state index contributed by atoms with van der Waals surface area (Å²) in [5.74, 6) is -0.835. The second-order valence-corrected chi connectivity index (χ2v) is 4.14. The molecule has 0 saturated carbocycles. The molecule has 0 fully saturated rings. The number of aromatic nitrogens is 1. The third kappa shape index (κ3) is 2.88. The third-order valence-corrected chi connectivity index (χ3v) is 2.76. The Kier molecular flexibility index (Phi) is 3.75. The summed E-state index contributed by atoms with van der Waals surface area (Å²) in [7, 11) is 1.28. The van der Waals surface area contributed by atoms with Gasteiger partial charge in [0, 0.05) is 11.6 Å². The van der Waals surface area contributed by atoms with Crippen molar-refractivity contribution in [3.05, 3.63) is 42.1 Å². The minimum absolute atomic E-state index is 0.351. The maximum atomic E-state index is 12.0. The van der Waals surface area contributed by atoms with Crippen molar-refractivity contribution >= 4 is 22.8 Å². The molecule has 1 aromatic carbocycles. The number of amides is 1. The molecule has 0 radical (unpaired) electrons. The molecular weight excluding hydrogens is 244 g/mol. The summed E-state index contributed by atoms with van der Waals surface area (Å²) in [6.07, 6.45) is 1.49. The number of hydrogen-bond donors (Lipinski definition) is 1. The van der Waals surface area contributed by atoms with E-state index in [1.807, 2.05) is 24.3 Å². The molecule has 0 aliphatic heterocycles. The summed E-state index contributed by atoms with van der Waals surface area (Å²) in [4.78, 5) is 27.4. The quantitative estimate of drug-likeness (QED) is 0.848. The van der Waals surface area contributed by atoms with Crippen LogP contribution in [0, 0.1) is 0 Å². The van der Waals surface area contributed by atoms with Gasteiger partial charge < -0.3 is 10.1 Å². The van der Waals surface area contributed by atoms with Crippen molar-refractivity contribution in [2.45, 2.75) is 13.0 Å². The van der Waals surface area contributed by atoms with E-state index in [1.54, 1.807) is 13.0 Å². The van der Waals surface area contributed by atoms with Gasteiger partial charge in [0.05, 0.1) is 18.2 Å². The van der Waals surface area contributed by atoms with Crippen molar-refractivity contribution in [1.82, 2.24) is 10.3 Å². The first-order chi connectivity index (χ1) is 9.11. The zero-order valence-electron chi connectivity index (χ0n) is 10.7. The Hall–Kier alpha value is -2.43. The van der Waals surface area contributed by atoms with Gasteiger partial charge >= 0.3 is 5.97 Å². The highest BCUT2D eigenvalue weighted by Crippen LogP contribution is 2.12. The standard InChI is InChI=1S/C14H14N2O3/c1-9(14(18)19-2)16-13(17)11-7-10-5-3-4-6-12(10)15-8-11/h3-9H,1-2H3,(H,16,17). The summed E-state index contributed by atoms with van der Waals surface area (Å²) < 4.78 is 4.55. The van der Waals surface area contributed by atoms with E-state index in [-0.39, 0.29) is 5.91 Å². The number of rotatable bonds is 3. The first-order valence-electron chi connectivity index (χ1n) is 5.85. The van der Waals surface area contributed by atoms with Gasteiger partial charge in [0.25, 0.3) is 5.91 Å². The van der Waals surface area contributed by atoms with E-state index in [0.29, 0.717) is 5.56 Å². The van der Waals surface area contributed by atoms with E-state index < -0.39 is 12.0 Å². The van der Waals surface area contributed by atoms with E-state index in [0.717, 1.165) is 10.9 Å². The van der Waals surface area contributed by atoms with Gasteiger partial charge in [-0.15, -0.1) is 0 Å². The van der Waals surface area contributed by atoms with Gasteiger partial charge in [0.1, 0.15) is 6.04 Å². The first-order valence-corrected chi connectivity index (χ1v) is 5.85. The molecule has 5 heteroatoms. The van der Waals surface area contributed by atoms with Gasteiger partial charge in [-0.3, -0.25) is 9.78 Å². The lowest BCUT2D eigenvalue weighted by Crippen LogP contribution is -2.39. The second kappa shape index (κ2) is 5.48. The van der Waals surface area contributed by atoms with Gasteiger partial charge in [0.15, 0.2) is 0 Å². The number of fused-ring (bicyclic) bond motifs is 1. The molecule has 1 N–H and O–H groups in total. The summed E-state index contributed by atoms with van der Waals surface area (Å²) in [6, 6.07) is 8.56. The number of benzene rings is 1. The fourth-order valence-corrected chi connectivity index (χ4v) is 1.71. The zero-order chi connectivity index (χ0) is 13.8. The number of hydrogen-bond acceptors (Lipinski definition) is 4. The van der Waals surface area contributed by atoms with E-state index >= 15 is 0 Å². The number of ether oxygens (including phenoxy) is 1. The minimum Gasteiger partial charge on any atom is -0.467 e. The fourth-order valence-electron chi connectivity index (χ4n) is 1.71. The Labute approximate surface area is 110 Å². The number of methoxy groups -OCH3 is 1. The summed E-state index contributed by atoms with van der Waals surface area (Å²) in [5.41, 5.74) is 1.23.